The Labute approximate surface area is 292 Å². The van der Waals surface area contributed by atoms with Gasteiger partial charge in [-0.3, -0.25) is 14.7 Å². The summed E-state index contributed by atoms with van der Waals surface area (Å²) in [7, 11) is 0. The van der Waals surface area contributed by atoms with Crippen LogP contribution in [0.25, 0.3) is 32.9 Å². The summed E-state index contributed by atoms with van der Waals surface area (Å²) in [6.45, 7) is 5.81. The summed E-state index contributed by atoms with van der Waals surface area (Å²) in [5, 5.41) is 16.4. The van der Waals surface area contributed by atoms with E-state index in [1.54, 1.807) is 18.3 Å². The monoisotopic (exact) mass is 697 g/mol. The van der Waals surface area contributed by atoms with Gasteiger partial charge in [-0.1, -0.05) is 13.0 Å². The number of rotatable bonds is 7. The molecule has 2 aromatic carbocycles. The van der Waals surface area contributed by atoms with Gasteiger partial charge in [0.15, 0.2) is 5.82 Å². The molecule has 13 heteroatoms. The number of hydrogen-bond donors (Lipinski definition) is 1. The first-order chi connectivity index (χ1) is 24.6. The van der Waals surface area contributed by atoms with E-state index in [0.717, 1.165) is 31.5 Å². The lowest BCUT2D eigenvalue weighted by Crippen LogP contribution is -2.49. The minimum Gasteiger partial charge on any atom is -0.508 e. The fraction of sp³-hybridized carbons (Fsp3) is 0.447. The lowest BCUT2D eigenvalue weighted by Gasteiger charge is -2.41. The molecule has 9 rings (SSSR count). The molecule has 5 aromatic rings. The fourth-order valence-electron chi connectivity index (χ4n) is 9.30. The van der Waals surface area contributed by atoms with Gasteiger partial charge in [0.25, 0.3) is 5.91 Å². The summed E-state index contributed by atoms with van der Waals surface area (Å²) in [5.41, 5.74) is 0.0682. The van der Waals surface area contributed by atoms with Gasteiger partial charge in [0.05, 0.1) is 22.0 Å². The lowest BCUT2D eigenvalue weighted by molar-refractivity contribution is 0.0377. The van der Waals surface area contributed by atoms with Crippen LogP contribution in [0.15, 0.2) is 42.7 Å². The number of anilines is 1. The first-order valence-corrected chi connectivity index (χ1v) is 17.7. The fourth-order valence-corrected chi connectivity index (χ4v) is 9.30. The van der Waals surface area contributed by atoms with Crippen LogP contribution in [0.2, 0.25) is 0 Å². The second kappa shape index (κ2) is 11.6. The van der Waals surface area contributed by atoms with Crippen molar-refractivity contribution >= 4 is 33.4 Å². The number of pyridine rings is 1. The molecule has 0 unspecified atom stereocenters. The van der Waals surface area contributed by atoms with Crippen molar-refractivity contribution in [1.29, 1.82) is 0 Å². The zero-order valence-corrected chi connectivity index (χ0v) is 28.5. The van der Waals surface area contributed by atoms with Gasteiger partial charge in [0.1, 0.15) is 41.4 Å². The molecule has 3 aliphatic heterocycles. The molecular weight excluding hydrogens is 659 g/mol. The molecule has 264 valence electrons. The highest BCUT2D eigenvalue weighted by Gasteiger charge is 2.59. The Kier molecular flexibility index (Phi) is 7.33. The van der Waals surface area contributed by atoms with Gasteiger partial charge in [0.2, 0.25) is 0 Å². The highest BCUT2D eigenvalue weighted by atomic mass is 19.1. The number of fused-ring (bicyclic) bond motifs is 4. The topological polar surface area (TPSA) is 110 Å². The van der Waals surface area contributed by atoms with Gasteiger partial charge in [-0.15, -0.1) is 0 Å². The van der Waals surface area contributed by atoms with Crippen LogP contribution in [0.4, 0.5) is 19.0 Å². The van der Waals surface area contributed by atoms with Gasteiger partial charge in [0, 0.05) is 44.0 Å². The van der Waals surface area contributed by atoms with Crippen LogP contribution in [0.1, 0.15) is 55.1 Å². The van der Waals surface area contributed by atoms with Crippen LogP contribution in [0.5, 0.6) is 11.8 Å². The molecule has 4 fully saturated rings. The third-order valence-electron chi connectivity index (χ3n) is 11.9. The number of alkyl halides is 1. The summed E-state index contributed by atoms with van der Waals surface area (Å²) in [5.74, 6) is -0.954. The Morgan fingerprint density at radius 3 is 2.76 bits per heavy atom. The number of phenolic OH excluding ortho intramolecular Hbond substituents is 1. The summed E-state index contributed by atoms with van der Waals surface area (Å²) in [6, 6.07) is 7.55. The van der Waals surface area contributed by atoms with E-state index >= 15 is 8.78 Å². The highest BCUT2D eigenvalue weighted by molar-refractivity contribution is 6.02. The summed E-state index contributed by atoms with van der Waals surface area (Å²) < 4.78 is 54.5. The van der Waals surface area contributed by atoms with Crippen LogP contribution in [0, 0.1) is 29.9 Å². The highest BCUT2D eigenvalue weighted by Crippen LogP contribution is 2.54. The number of aromatic hydroxyl groups is 1. The van der Waals surface area contributed by atoms with Gasteiger partial charge in [-0.2, -0.15) is 15.1 Å². The maximum absolute atomic E-state index is 17.1. The predicted octanol–water partition coefficient (Wildman–Crippen LogP) is 6.41. The molecule has 1 aliphatic carbocycles. The Morgan fingerprint density at radius 1 is 1.14 bits per heavy atom. The number of carbonyl (C=O) groups excluding carboxylic acids is 1. The molecule has 0 radical (unpaired) electrons. The lowest BCUT2D eigenvalue weighted by atomic mass is 9.61. The number of benzene rings is 2. The minimum absolute atomic E-state index is 0.0490. The first kappa shape index (κ1) is 32.1. The number of carbonyl (C=O) groups is 1. The van der Waals surface area contributed by atoms with E-state index in [-0.39, 0.29) is 47.0 Å². The molecular formula is C38H38F3N7O3. The molecule has 0 spiro atoms. The minimum atomic E-state index is -0.949. The van der Waals surface area contributed by atoms with Gasteiger partial charge >= 0.3 is 6.01 Å². The number of phenols is 1. The van der Waals surface area contributed by atoms with Crippen molar-refractivity contribution in [3.63, 3.8) is 0 Å². The van der Waals surface area contributed by atoms with Crippen LogP contribution in [-0.2, 0) is 6.42 Å². The average molecular weight is 698 g/mol. The Morgan fingerprint density at radius 2 is 2.00 bits per heavy atom. The SMILES string of the molecule is CCc1c(F)ccc2cc(O)cc(-c3ncc4c(N5C[C@H]6CC[C@@]6(C(=O)n6ccc(C)n6)C5)nc(OC[C@@]56CCCN5C[C@H](F)C6)nc4c3F)c12. The van der Waals surface area contributed by atoms with Crippen molar-refractivity contribution < 1.29 is 27.8 Å². The van der Waals surface area contributed by atoms with Crippen LogP contribution in [0.3, 0.4) is 0 Å². The van der Waals surface area contributed by atoms with Crippen LogP contribution >= 0.6 is 0 Å². The molecule has 51 heavy (non-hydrogen) atoms. The standard InChI is InChI=1S/C38H38F3N7O3/c1-3-26-29(40)6-5-22-13-25(49)14-27(30(22)26)32-31(41)33-28(16-42-32)34(44-36(43-33)51-20-37-9-4-11-47(37)18-24(39)15-37)46-17-23-7-10-38(23,19-46)35(50)48-12-8-21(2)45-48/h5-6,8,12-14,16,23-24,49H,3-4,7,9-11,15,17-20H2,1-2H3/t23-,24-,37+,38-/m1/s1. The van der Waals surface area contributed by atoms with E-state index in [9.17, 15) is 14.3 Å². The number of halogens is 3. The van der Waals surface area contributed by atoms with Gasteiger partial charge < -0.3 is 14.7 Å². The molecule has 3 saturated heterocycles. The van der Waals surface area contributed by atoms with Crippen molar-refractivity contribution in [2.75, 3.05) is 37.7 Å². The zero-order valence-electron chi connectivity index (χ0n) is 28.5. The molecule has 6 heterocycles. The largest absolute Gasteiger partial charge is 0.508 e. The normalized spacial score (nSPS) is 25.8. The molecule has 1 N–H and O–H groups in total. The summed E-state index contributed by atoms with van der Waals surface area (Å²) in [6.07, 6.45) is 6.20. The molecule has 0 amide bonds. The predicted molar refractivity (Wildman–Crippen MR) is 185 cm³/mol. The van der Waals surface area contributed by atoms with E-state index in [4.69, 9.17) is 9.72 Å². The van der Waals surface area contributed by atoms with Crippen LogP contribution < -0.4 is 9.64 Å². The van der Waals surface area contributed by atoms with E-state index in [0.29, 0.717) is 66.4 Å². The third-order valence-corrected chi connectivity index (χ3v) is 11.9. The maximum atomic E-state index is 17.1. The molecule has 1 saturated carbocycles. The number of aryl methyl sites for hydroxylation is 2. The molecule has 4 aliphatic rings. The van der Waals surface area contributed by atoms with Crippen molar-refractivity contribution in [1.82, 2.24) is 29.6 Å². The average Bonchev–Trinajstić information content (AvgIpc) is 3.85. The quantitative estimate of drug-likeness (QED) is 0.207. The Balaban J connectivity index is 1.17. The number of hydrogen-bond acceptors (Lipinski definition) is 9. The third kappa shape index (κ3) is 4.91. The molecule has 4 atom stereocenters. The van der Waals surface area contributed by atoms with E-state index < -0.39 is 28.8 Å². The summed E-state index contributed by atoms with van der Waals surface area (Å²) >= 11 is 0. The van der Waals surface area contributed by atoms with Gasteiger partial charge in [-0.05, 0) is 92.1 Å². The van der Waals surface area contributed by atoms with E-state index in [1.165, 1.54) is 29.1 Å². The summed E-state index contributed by atoms with van der Waals surface area (Å²) in [4.78, 5) is 32.0. The van der Waals surface area contributed by atoms with Crippen molar-refractivity contribution in [2.45, 2.75) is 64.1 Å². The Hall–Kier alpha value is -4.78. The first-order valence-electron chi connectivity index (χ1n) is 17.7. The van der Waals surface area contributed by atoms with Gasteiger partial charge in [-0.25, -0.2) is 17.9 Å². The maximum Gasteiger partial charge on any atom is 0.319 e. The number of ether oxygens (including phenoxy) is 1. The van der Waals surface area contributed by atoms with Crippen molar-refractivity contribution in [3.05, 3.63) is 65.6 Å². The smallest absolute Gasteiger partial charge is 0.319 e. The zero-order chi connectivity index (χ0) is 35.2. The molecule has 3 aromatic heterocycles. The van der Waals surface area contributed by atoms with E-state index in [2.05, 4.69) is 20.0 Å². The van der Waals surface area contributed by atoms with Crippen LogP contribution in [-0.4, -0.2) is 85.1 Å². The van der Waals surface area contributed by atoms with Crippen molar-refractivity contribution in [2.24, 2.45) is 11.3 Å². The number of nitrogens with zero attached hydrogens (tertiary/aromatic N) is 7. The van der Waals surface area contributed by atoms with E-state index in [1.807, 2.05) is 18.7 Å². The number of aromatic nitrogens is 5. The Bertz CT molecular complexity index is 2250. The molecule has 0 bridgehead atoms. The second-order valence-electron chi connectivity index (χ2n) is 14.8. The molecule has 10 nitrogen and oxygen atoms in total. The second-order valence-corrected chi connectivity index (χ2v) is 14.8. The van der Waals surface area contributed by atoms with Crippen molar-refractivity contribution in [3.8, 4) is 23.0 Å².